The number of benzene rings is 1. The molecule has 0 radical (unpaired) electrons. The highest BCUT2D eigenvalue weighted by atomic mass is 16.5. The van der Waals surface area contributed by atoms with Crippen LogP contribution in [0.5, 0.6) is 0 Å². The maximum atomic E-state index is 9.75. The Morgan fingerprint density at radius 2 is 1.71 bits per heavy atom. The molecule has 4 nitrogen and oxygen atoms in total. The van der Waals surface area contributed by atoms with Crippen LogP contribution in [0.25, 0.3) is 0 Å². The molecular formula is C13H18O4. The van der Waals surface area contributed by atoms with E-state index in [1.54, 1.807) is 0 Å². The van der Waals surface area contributed by atoms with Gasteiger partial charge in [0, 0.05) is 0 Å². The van der Waals surface area contributed by atoms with Crippen LogP contribution in [0.2, 0.25) is 0 Å². The van der Waals surface area contributed by atoms with Crippen LogP contribution in [-0.2, 0) is 11.3 Å². The van der Waals surface area contributed by atoms with Gasteiger partial charge in [-0.05, 0) is 18.4 Å². The molecule has 1 fully saturated rings. The molecule has 2 rings (SSSR count). The van der Waals surface area contributed by atoms with E-state index in [1.807, 2.05) is 30.3 Å². The first-order chi connectivity index (χ1) is 8.18. The molecule has 0 bridgehead atoms. The lowest BCUT2D eigenvalue weighted by molar-refractivity contribution is -0.156. The second kappa shape index (κ2) is 5.60. The summed E-state index contributed by atoms with van der Waals surface area (Å²) in [5, 5.41) is 28.7. The first kappa shape index (κ1) is 12.5. The van der Waals surface area contributed by atoms with Gasteiger partial charge in [0.15, 0.2) is 0 Å². The van der Waals surface area contributed by atoms with Gasteiger partial charge in [-0.2, -0.15) is 0 Å². The van der Waals surface area contributed by atoms with Gasteiger partial charge in [-0.3, -0.25) is 0 Å². The lowest BCUT2D eigenvalue weighted by atomic mass is 9.89. The molecule has 3 N–H and O–H groups in total. The third-order valence-electron chi connectivity index (χ3n) is 3.18. The lowest BCUT2D eigenvalue weighted by Gasteiger charge is -2.34. The van der Waals surface area contributed by atoms with Crippen LogP contribution in [0, 0.1) is 0 Å². The number of aliphatic hydroxyl groups excluding tert-OH is 3. The molecule has 1 aromatic rings. The Labute approximate surface area is 100 Å². The van der Waals surface area contributed by atoms with Crippen LogP contribution in [0.4, 0.5) is 0 Å². The predicted molar refractivity (Wildman–Crippen MR) is 62.3 cm³/mol. The minimum absolute atomic E-state index is 0.408. The molecule has 1 aliphatic carbocycles. The SMILES string of the molecule is OC1[C@@H](OCc2ccccc2)CC[C@H](O)[C@H]1O. The van der Waals surface area contributed by atoms with Gasteiger partial charge in [-0.1, -0.05) is 30.3 Å². The molecule has 1 unspecified atom stereocenters. The van der Waals surface area contributed by atoms with Crippen LogP contribution >= 0.6 is 0 Å². The Hall–Kier alpha value is -0.940. The topological polar surface area (TPSA) is 69.9 Å². The Morgan fingerprint density at radius 1 is 1.00 bits per heavy atom. The second-order valence-electron chi connectivity index (χ2n) is 4.46. The van der Waals surface area contributed by atoms with Gasteiger partial charge in [-0.15, -0.1) is 0 Å². The van der Waals surface area contributed by atoms with Crippen molar-refractivity contribution in [1.82, 2.24) is 0 Å². The largest absolute Gasteiger partial charge is 0.390 e. The summed E-state index contributed by atoms with van der Waals surface area (Å²) in [6, 6.07) is 9.67. The fourth-order valence-electron chi connectivity index (χ4n) is 2.08. The summed E-state index contributed by atoms with van der Waals surface area (Å²) in [7, 11) is 0. The quantitative estimate of drug-likeness (QED) is 0.715. The predicted octanol–water partition coefficient (Wildman–Crippen LogP) is 0.448. The summed E-state index contributed by atoms with van der Waals surface area (Å²) < 4.78 is 5.58. The molecule has 0 amide bonds. The van der Waals surface area contributed by atoms with E-state index in [1.165, 1.54) is 0 Å². The van der Waals surface area contributed by atoms with Crippen molar-refractivity contribution in [3.63, 3.8) is 0 Å². The zero-order valence-corrected chi connectivity index (χ0v) is 9.57. The van der Waals surface area contributed by atoms with Crippen LogP contribution < -0.4 is 0 Å². The highest BCUT2D eigenvalue weighted by Crippen LogP contribution is 2.23. The number of hydrogen-bond acceptors (Lipinski definition) is 4. The van der Waals surface area contributed by atoms with Crippen LogP contribution in [0.1, 0.15) is 18.4 Å². The van der Waals surface area contributed by atoms with Gasteiger partial charge < -0.3 is 20.1 Å². The van der Waals surface area contributed by atoms with Gasteiger partial charge in [0.2, 0.25) is 0 Å². The van der Waals surface area contributed by atoms with Crippen molar-refractivity contribution in [2.24, 2.45) is 0 Å². The maximum Gasteiger partial charge on any atom is 0.109 e. The molecule has 0 aromatic heterocycles. The fourth-order valence-corrected chi connectivity index (χ4v) is 2.08. The molecule has 0 heterocycles. The lowest BCUT2D eigenvalue weighted by Crippen LogP contribution is -2.49. The van der Waals surface area contributed by atoms with Crippen molar-refractivity contribution in [2.45, 2.75) is 43.9 Å². The van der Waals surface area contributed by atoms with E-state index in [0.29, 0.717) is 19.4 Å². The van der Waals surface area contributed by atoms with E-state index in [9.17, 15) is 15.3 Å². The van der Waals surface area contributed by atoms with E-state index in [2.05, 4.69) is 0 Å². The third kappa shape index (κ3) is 3.04. The average molecular weight is 238 g/mol. The highest BCUT2D eigenvalue weighted by Gasteiger charge is 2.36. The van der Waals surface area contributed by atoms with Crippen molar-refractivity contribution in [1.29, 1.82) is 0 Å². The van der Waals surface area contributed by atoms with Gasteiger partial charge in [0.1, 0.15) is 12.2 Å². The molecule has 1 aliphatic rings. The molecule has 0 saturated heterocycles. The van der Waals surface area contributed by atoms with Gasteiger partial charge in [0.05, 0.1) is 18.8 Å². The Morgan fingerprint density at radius 3 is 2.41 bits per heavy atom. The molecule has 4 heteroatoms. The highest BCUT2D eigenvalue weighted by molar-refractivity contribution is 5.13. The van der Waals surface area contributed by atoms with Crippen molar-refractivity contribution in [2.75, 3.05) is 0 Å². The summed E-state index contributed by atoms with van der Waals surface area (Å²) in [6.07, 6.45) is -2.36. The van der Waals surface area contributed by atoms with Gasteiger partial charge in [-0.25, -0.2) is 0 Å². The Kier molecular flexibility index (Phi) is 4.12. The molecule has 94 valence electrons. The molecule has 0 spiro atoms. The van der Waals surface area contributed by atoms with Crippen molar-refractivity contribution in [3.05, 3.63) is 35.9 Å². The van der Waals surface area contributed by atoms with E-state index >= 15 is 0 Å². The first-order valence-electron chi connectivity index (χ1n) is 5.88. The Balaban J connectivity index is 1.87. The first-order valence-corrected chi connectivity index (χ1v) is 5.88. The summed E-state index contributed by atoms with van der Waals surface area (Å²) >= 11 is 0. The van der Waals surface area contributed by atoms with E-state index in [4.69, 9.17) is 4.74 Å². The monoisotopic (exact) mass is 238 g/mol. The van der Waals surface area contributed by atoms with Gasteiger partial charge in [0.25, 0.3) is 0 Å². The van der Waals surface area contributed by atoms with Crippen molar-refractivity contribution >= 4 is 0 Å². The third-order valence-corrected chi connectivity index (χ3v) is 3.18. The molecule has 1 aromatic carbocycles. The van der Waals surface area contributed by atoms with Crippen LogP contribution in [-0.4, -0.2) is 39.7 Å². The maximum absolute atomic E-state index is 9.75. The average Bonchev–Trinajstić information content (AvgIpc) is 2.36. The fraction of sp³-hybridized carbons (Fsp3) is 0.538. The molecule has 17 heavy (non-hydrogen) atoms. The summed E-state index contributed by atoms with van der Waals surface area (Å²) in [6.45, 7) is 0.408. The minimum Gasteiger partial charge on any atom is -0.390 e. The van der Waals surface area contributed by atoms with E-state index < -0.39 is 24.4 Å². The normalized spacial score (nSPS) is 33.6. The molecule has 1 saturated carbocycles. The zero-order valence-electron chi connectivity index (χ0n) is 9.57. The van der Waals surface area contributed by atoms with Crippen molar-refractivity contribution in [3.8, 4) is 0 Å². The minimum atomic E-state index is -1.11. The summed E-state index contributed by atoms with van der Waals surface area (Å²) in [5.74, 6) is 0. The van der Waals surface area contributed by atoms with Gasteiger partial charge >= 0.3 is 0 Å². The molecule has 4 atom stereocenters. The summed E-state index contributed by atoms with van der Waals surface area (Å²) in [5.41, 5.74) is 1.03. The van der Waals surface area contributed by atoms with Crippen molar-refractivity contribution < 1.29 is 20.1 Å². The number of rotatable bonds is 3. The smallest absolute Gasteiger partial charge is 0.109 e. The Bertz CT molecular complexity index is 341. The number of hydrogen-bond donors (Lipinski definition) is 3. The zero-order chi connectivity index (χ0) is 12.3. The molecule has 0 aliphatic heterocycles. The van der Waals surface area contributed by atoms with E-state index in [-0.39, 0.29) is 0 Å². The standard InChI is InChI=1S/C13H18O4/c14-10-6-7-11(13(16)12(10)15)17-8-9-4-2-1-3-5-9/h1-5,10-16H,6-8H2/t10-,11-,12+,13?/m0/s1. The molecular weight excluding hydrogens is 220 g/mol. The number of ether oxygens (including phenoxy) is 1. The summed E-state index contributed by atoms with van der Waals surface area (Å²) in [4.78, 5) is 0. The van der Waals surface area contributed by atoms with Crippen LogP contribution in [0.3, 0.4) is 0 Å². The second-order valence-corrected chi connectivity index (χ2v) is 4.46. The number of aliphatic hydroxyl groups is 3. The van der Waals surface area contributed by atoms with Crippen LogP contribution in [0.15, 0.2) is 30.3 Å². The van der Waals surface area contributed by atoms with E-state index in [0.717, 1.165) is 5.56 Å².